The summed E-state index contributed by atoms with van der Waals surface area (Å²) in [6.07, 6.45) is 1.27. The quantitative estimate of drug-likeness (QED) is 0.610. The molecule has 0 saturated carbocycles. The van der Waals surface area contributed by atoms with E-state index in [9.17, 15) is 10.1 Å². The van der Waals surface area contributed by atoms with E-state index in [1.807, 2.05) is 0 Å². The highest BCUT2D eigenvalue weighted by atomic mass is 79.9. The number of halogens is 1. The fourth-order valence-electron chi connectivity index (χ4n) is 1.76. The highest BCUT2D eigenvalue weighted by molar-refractivity contribution is 9.10. The first-order valence-electron chi connectivity index (χ1n) is 5.34. The van der Waals surface area contributed by atoms with Crippen LogP contribution in [0.25, 0.3) is 0 Å². The molecule has 0 spiro atoms. The molecule has 0 amide bonds. The SMILES string of the molecule is O=[N+]([O-])c1cnc(Br)n1CCN1CCOCC1. The first kappa shape index (κ1) is 12.5. The van der Waals surface area contributed by atoms with E-state index in [-0.39, 0.29) is 5.82 Å². The van der Waals surface area contributed by atoms with Crippen molar-refractivity contribution in [2.75, 3.05) is 32.8 Å². The van der Waals surface area contributed by atoms with E-state index in [1.165, 1.54) is 6.20 Å². The van der Waals surface area contributed by atoms with Gasteiger partial charge in [0.05, 0.1) is 13.2 Å². The zero-order valence-corrected chi connectivity index (χ0v) is 10.8. The molecule has 0 radical (unpaired) electrons. The molecule has 0 N–H and O–H groups in total. The Kier molecular flexibility index (Phi) is 4.08. The number of hydrogen-bond donors (Lipinski definition) is 0. The third-order valence-electron chi connectivity index (χ3n) is 2.72. The minimum Gasteiger partial charge on any atom is -0.379 e. The third-order valence-corrected chi connectivity index (χ3v) is 3.35. The lowest BCUT2D eigenvalue weighted by Crippen LogP contribution is -2.38. The molecule has 2 rings (SSSR count). The van der Waals surface area contributed by atoms with Gasteiger partial charge in [-0.1, -0.05) is 0 Å². The molecule has 17 heavy (non-hydrogen) atoms. The van der Waals surface area contributed by atoms with Crippen LogP contribution in [0.2, 0.25) is 0 Å². The molecule has 1 saturated heterocycles. The molecular weight excluding hydrogens is 292 g/mol. The van der Waals surface area contributed by atoms with Crippen LogP contribution in [0.3, 0.4) is 0 Å². The molecule has 1 aromatic rings. The molecule has 2 heterocycles. The average Bonchev–Trinajstić information content (AvgIpc) is 2.69. The molecule has 0 unspecified atom stereocenters. The summed E-state index contributed by atoms with van der Waals surface area (Å²) in [6.45, 7) is 4.52. The van der Waals surface area contributed by atoms with Gasteiger partial charge in [-0.05, 0) is 4.92 Å². The molecule has 0 atom stereocenters. The highest BCUT2D eigenvalue weighted by Crippen LogP contribution is 2.18. The zero-order chi connectivity index (χ0) is 12.3. The Morgan fingerprint density at radius 1 is 1.47 bits per heavy atom. The summed E-state index contributed by atoms with van der Waals surface area (Å²) in [5.41, 5.74) is 0. The van der Waals surface area contributed by atoms with Crippen LogP contribution in [-0.4, -0.2) is 52.2 Å². The lowest BCUT2D eigenvalue weighted by atomic mass is 10.4. The van der Waals surface area contributed by atoms with Crippen molar-refractivity contribution in [2.24, 2.45) is 0 Å². The Bertz CT molecular complexity index is 403. The van der Waals surface area contributed by atoms with Gasteiger partial charge in [-0.25, -0.2) is 4.98 Å². The number of aromatic nitrogens is 2. The minimum atomic E-state index is -0.420. The normalized spacial score (nSPS) is 17.2. The molecule has 0 aliphatic carbocycles. The summed E-state index contributed by atoms with van der Waals surface area (Å²) in [6, 6.07) is 0. The Labute approximate surface area is 107 Å². The fraction of sp³-hybridized carbons (Fsp3) is 0.667. The molecule has 1 aliphatic rings. The van der Waals surface area contributed by atoms with Crippen molar-refractivity contribution in [2.45, 2.75) is 6.54 Å². The fourth-order valence-corrected chi connectivity index (χ4v) is 2.22. The lowest BCUT2D eigenvalue weighted by molar-refractivity contribution is -0.392. The van der Waals surface area contributed by atoms with Gasteiger partial charge in [-0.2, -0.15) is 4.57 Å². The van der Waals surface area contributed by atoms with Gasteiger partial charge in [0.25, 0.3) is 4.73 Å². The van der Waals surface area contributed by atoms with Crippen LogP contribution < -0.4 is 0 Å². The standard InChI is InChI=1S/C9H13BrN4O3/c10-9-11-7-8(14(15)16)13(9)2-1-12-3-5-17-6-4-12/h7H,1-6H2. The van der Waals surface area contributed by atoms with Crippen LogP contribution >= 0.6 is 15.9 Å². The Balaban J connectivity index is 1.97. The van der Waals surface area contributed by atoms with Crippen LogP contribution in [-0.2, 0) is 11.3 Å². The summed E-state index contributed by atoms with van der Waals surface area (Å²) >= 11 is 3.21. The molecular formula is C9H13BrN4O3. The van der Waals surface area contributed by atoms with E-state index in [1.54, 1.807) is 4.57 Å². The maximum Gasteiger partial charge on any atom is 0.343 e. The number of nitro groups is 1. The first-order chi connectivity index (χ1) is 8.18. The van der Waals surface area contributed by atoms with Gasteiger partial charge < -0.3 is 14.9 Å². The van der Waals surface area contributed by atoms with E-state index in [0.29, 0.717) is 11.3 Å². The highest BCUT2D eigenvalue weighted by Gasteiger charge is 2.19. The molecule has 1 fully saturated rings. The van der Waals surface area contributed by atoms with Crippen LogP contribution in [0.5, 0.6) is 0 Å². The molecule has 0 bridgehead atoms. The number of nitrogens with zero attached hydrogens (tertiary/aromatic N) is 4. The van der Waals surface area contributed by atoms with Gasteiger partial charge in [0.2, 0.25) is 0 Å². The number of rotatable bonds is 4. The number of imidazole rings is 1. The topological polar surface area (TPSA) is 73.4 Å². The molecule has 7 nitrogen and oxygen atoms in total. The van der Waals surface area contributed by atoms with Crippen LogP contribution in [0.15, 0.2) is 10.9 Å². The predicted octanol–water partition coefficient (Wildman–Crippen LogP) is 0.886. The van der Waals surface area contributed by atoms with Crippen molar-refractivity contribution in [3.63, 3.8) is 0 Å². The monoisotopic (exact) mass is 304 g/mol. The first-order valence-corrected chi connectivity index (χ1v) is 6.13. The van der Waals surface area contributed by atoms with E-state index >= 15 is 0 Å². The van der Waals surface area contributed by atoms with Gasteiger partial charge in [-0.15, -0.1) is 0 Å². The number of morpholine rings is 1. The second-order valence-corrected chi connectivity index (χ2v) is 4.46. The summed E-state index contributed by atoms with van der Waals surface area (Å²) in [7, 11) is 0. The lowest BCUT2D eigenvalue weighted by Gasteiger charge is -2.25. The largest absolute Gasteiger partial charge is 0.379 e. The smallest absolute Gasteiger partial charge is 0.343 e. The summed E-state index contributed by atoms with van der Waals surface area (Å²) in [4.78, 5) is 16.5. The van der Waals surface area contributed by atoms with Crippen molar-refractivity contribution in [1.29, 1.82) is 0 Å². The maximum atomic E-state index is 10.8. The van der Waals surface area contributed by atoms with Crippen molar-refractivity contribution in [3.05, 3.63) is 21.0 Å². The second-order valence-electron chi connectivity index (χ2n) is 3.75. The third kappa shape index (κ3) is 3.02. The molecule has 1 aliphatic heterocycles. The number of hydrogen-bond acceptors (Lipinski definition) is 5. The summed E-state index contributed by atoms with van der Waals surface area (Å²) in [5, 5.41) is 10.8. The van der Waals surface area contributed by atoms with E-state index < -0.39 is 4.92 Å². The Morgan fingerprint density at radius 3 is 2.82 bits per heavy atom. The van der Waals surface area contributed by atoms with Crippen molar-refractivity contribution in [1.82, 2.24) is 14.5 Å². The van der Waals surface area contributed by atoms with Crippen LogP contribution in [0.4, 0.5) is 5.82 Å². The van der Waals surface area contributed by atoms with E-state index in [0.717, 1.165) is 32.8 Å². The maximum absolute atomic E-state index is 10.8. The zero-order valence-electron chi connectivity index (χ0n) is 9.21. The van der Waals surface area contributed by atoms with Crippen molar-refractivity contribution in [3.8, 4) is 0 Å². The van der Waals surface area contributed by atoms with E-state index in [4.69, 9.17) is 4.74 Å². The second kappa shape index (κ2) is 5.56. The van der Waals surface area contributed by atoms with Gasteiger partial charge >= 0.3 is 5.82 Å². The van der Waals surface area contributed by atoms with Crippen molar-refractivity contribution < 1.29 is 9.66 Å². The van der Waals surface area contributed by atoms with E-state index in [2.05, 4.69) is 25.8 Å². The van der Waals surface area contributed by atoms with Gasteiger partial charge in [-0.3, -0.25) is 4.90 Å². The minimum absolute atomic E-state index is 0.0186. The molecule has 1 aromatic heterocycles. The van der Waals surface area contributed by atoms with Crippen LogP contribution in [0.1, 0.15) is 0 Å². The average molecular weight is 305 g/mol. The molecule has 8 heteroatoms. The van der Waals surface area contributed by atoms with Crippen molar-refractivity contribution >= 4 is 21.7 Å². The van der Waals surface area contributed by atoms with Gasteiger partial charge in [0.15, 0.2) is 0 Å². The number of ether oxygens (including phenoxy) is 1. The Hall–Kier alpha value is -0.990. The Morgan fingerprint density at radius 2 is 2.18 bits per heavy atom. The van der Waals surface area contributed by atoms with Crippen LogP contribution in [0, 0.1) is 10.1 Å². The summed E-state index contributed by atoms with van der Waals surface area (Å²) in [5.74, 6) is 0.0186. The predicted molar refractivity (Wildman–Crippen MR) is 63.8 cm³/mol. The molecule has 94 valence electrons. The summed E-state index contributed by atoms with van der Waals surface area (Å²) < 4.78 is 7.31. The van der Waals surface area contributed by atoms with Gasteiger partial charge in [0.1, 0.15) is 12.7 Å². The van der Waals surface area contributed by atoms with Gasteiger partial charge in [0, 0.05) is 35.6 Å². The molecule has 0 aromatic carbocycles.